The molecule has 1 aliphatic rings. The van der Waals surface area contributed by atoms with E-state index in [9.17, 15) is 15.0 Å². The summed E-state index contributed by atoms with van der Waals surface area (Å²) in [5, 5.41) is 23.5. The summed E-state index contributed by atoms with van der Waals surface area (Å²) in [5.74, 6) is 1.16. The average molecular weight is 518 g/mol. The Morgan fingerprint density at radius 1 is 1.05 bits per heavy atom. The molecule has 5 rings (SSSR count). The number of rotatable bonds is 6. The van der Waals surface area contributed by atoms with Crippen molar-refractivity contribution in [3.63, 3.8) is 0 Å². The van der Waals surface area contributed by atoms with Gasteiger partial charge < -0.3 is 15.5 Å². The monoisotopic (exact) mass is 517 g/mol. The number of pyridine rings is 2. The zero-order valence-corrected chi connectivity index (χ0v) is 21.4. The third-order valence-electron chi connectivity index (χ3n) is 6.82. The second-order valence-corrected chi connectivity index (χ2v) is 10.0. The van der Waals surface area contributed by atoms with Gasteiger partial charge in [0, 0.05) is 18.0 Å². The lowest BCUT2D eigenvalue weighted by Crippen LogP contribution is -2.18. The third-order valence-corrected chi connectivity index (χ3v) is 7.22. The molecule has 0 unspecified atom stereocenters. The van der Waals surface area contributed by atoms with Gasteiger partial charge in [0.05, 0.1) is 22.4 Å². The maximum atomic E-state index is 11.9. The van der Waals surface area contributed by atoms with Crippen LogP contribution >= 0.6 is 11.6 Å². The zero-order valence-electron chi connectivity index (χ0n) is 20.6. The van der Waals surface area contributed by atoms with Gasteiger partial charge in [0.25, 0.3) is 0 Å². The average Bonchev–Trinajstić information content (AvgIpc) is 3.37. The van der Waals surface area contributed by atoms with Gasteiger partial charge in [-0.05, 0) is 92.5 Å². The molecule has 0 spiro atoms. The highest BCUT2D eigenvalue weighted by Gasteiger charge is 2.25. The maximum absolute atomic E-state index is 11.9. The molecule has 0 bridgehead atoms. The van der Waals surface area contributed by atoms with Crippen LogP contribution in [0.5, 0.6) is 0 Å². The first-order valence-corrected chi connectivity index (χ1v) is 12.6. The van der Waals surface area contributed by atoms with Crippen molar-refractivity contribution >= 4 is 29.2 Å². The Labute approximate surface area is 220 Å². The van der Waals surface area contributed by atoms with Crippen LogP contribution in [-0.4, -0.2) is 41.8 Å². The van der Waals surface area contributed by atoms with Crippen LogP contribution in [0, 0.1) is 13.8 Å². The molecule has 4 aromatic rings. The highest BCUT2D eigenvalue weighted by Crippen LogP contribution is 2.36. The minimum atomic E-state index is -0.937. The number of aryl methyl sites for hydroxylation is 2. The normalized spacial score (nSPS) is 17.5. The van der Waals surface area contributed by atoms with Crippen molar-refractivity contribution < 1.29 is 15.0 Å². The Kier molecular flexibility index (Phi) is 6.95. The smallest absolute Gasteiger partial charge is 0.335 e. The Balaban J connectivity index is 1.44. The highest BCUT2D eigenvalue weighted by atomic mass is 35.5. The number of aliphatic hydroxyl groups is 1. The zero-order chi connectivity index (χ0) is 26.1. The quantitative estimate of drug-likeness (QED) is 0.285. The van der Waals surface area contributed by atoms with Gasteiger partial charge in [0.2, 0.25) is 0 Å². The summed E-state index contributed by atoms with van der Waals surface area (Å²) in [5.41, 5.74) is 4.62. The van der Waals surface area contributed by atoms with Gasteiger partial charge in [-0.25, -0.2) is 19.7 Å². The number of carboxylic acid groups (broad SMARTS) is 1. The number of benzene rings is 1. The molecule has 190 valence electrons. The topological polar surface area (TPSA) is 113 Å². The number of imidazole rings is 1. The van der Waals surface area contributed by atoms with Crippen LogP contribution in [0.15, 0.2) is 55.1 Å². The van der Waals surface area contributed by atoms with Crippen LogP contribution in [-0.2, 0) is 0 Å². The van der Waals surface area contributed by atoms with E-state index in [-0.39, 0.29) is 12.0 Å². The van der Waals surface area contributed by atoms with E-state index in [1.807, 2.05) is 48.9 Å². The lowest BCUT2D eigenvalue weighted by molar-refractivity contribution is 0.0694. The summed E-state index contributed by atoms with van der Waals surface area (Å²) in [6.07, 6.45) is 7.80. The molecule has 1 aromatic carbocycles. The van der Waals surface area contributed by atoms with E-state index >= 15 is 0 Å². The fourth-order valence-corrected chi connectivity index (χ4v) is 4.93. The number of anilines is 2. The van der Waals surface area contributed by atoms with Crippen LogP contribution in [0.4, 0.5) is 11.6 Å². The van der Waals surface area contributed by atoms with Crippen molar-refractivity contribution in [3.05, 3.63) is 82.4 Å². The first-order valence-electron chi connectivity index (χ1n) is 12.2. The number of halogens is 1. The molecule has 1 aliphatic carbocycles. The summed E-state index contributed by atoms with van der Waals surface area (Å²) >= 11 is 6.10. The first-order chi connectivity index (χ1) is 17.8. The highest BCUT2D eigenvalue weighted by molar-refractivity contribution is 6.31. The molecule has 8 nitrogen and oxygen atoms in total. The van der Waals surface area contributed by atoms with E-state index in [0.29, 0.717) is 40.9 Å². The largest absolute Gasteiger partial charge is 0.478 e. The van der Waals surface area contributed by atoms with Crippen LogP contribution < -0.4 is 5.32 Å². The van der Waals surface area contributed by atoms with Gasteiger partial charge >= 0.3 is 5.97 Å². The second-order valence-electron chi connectivity index (χ2n) is 9.61. The van der Waals surface area contributed by atoms with Crippen LogP contribution in [0.25, 0.3) is 17.1 Å². The number of aromatic nitrogens is 4. The number of nitrogens with one attached hydrogen (secondary N) is 1. The van der Waals surface area contributed by atoms with Crippen molar-refractivity contribution in [2.75, 3.05) is 5.32 Å². The predicted octanol–water partition coefficient (Wildman–Crippen LogP) is 6.06. The summed E-state index contributed by atoms with van der Waals surface area (Å²) < 4.78 is 1.84. The summed E-state index contributed by atoms with van der Waals surface area (Å²) in [6.45, 7) is 3.91. The summed E-state index contributed by atoms with van der Waals surface area (Å²) in [7, 11) is 0. The molecule has 37 heavy (non-hydrogen) atoms. The van der Waals surface area contributed by atoms with Crippen molar-refractivity contribution in [1.29, 1.82) is 0 Å². The molecular formula is C28H28ClN5O3. The SMILES string of the molecule is Cc1cc(Nc2cc(C)c(Cl)cn2)nc(-n2cnc(-c3ccc(C(=O)O)c(C4CCC(O)CC4)c3)c2)c1. The van der Waals surface area contributed by atoms with Crippen molar-refractivity contribution in [2.24, 2.45) is 0 Å². The van der Waals surface area contributed by atoms with E-state index in [0.717, 1.165) is 40.8 Å². The summed E-state index contributed by atoms with van der Waals surface area (Å²) in [6, 6.07) is 11.2. The Morgan fingerprint density at radius 2 is 1.84 bits per heavy atom. The molecule has 3 aromatic heterocycles. The molecule has 3 N–H and O–H groups in total. The number of aromatic carboxylic acids is 1. The molecule has 3 heterocycles. The number of carboxylic acids is 1. The van der Waals surface area contributed by atoms with Gasteiger partial charge in [-0.3, -0.25) is 4.57 Å². The van der Waals surface area contributed by atoms with Crippen LogP contribution in [0.3, 0.4) is 0 Å². The van der Waals surface area contributed by atoms with Crippen LogP contribution in [0.1, 0.15) is 58.6 Å². The predicted molar refractivity (Wildman–Crippen MR) is 143 cm³/mol. The van der Waals surface area contributed by atoms with Gasteiger partial charge in [-0.15, -0.1) is 0 Å². The van der Waals surface area contributed by atoms with E-state index in [1.165, 1.54) is 0 Å². The van der Waals surface area contributed by atoms with Crippen molar-refractivity contribution in [2.45, 2.75) is 51.6 Å². The lowest BCUT2D eigenvalue weighted by atomic mass is 9.80. The van der Waals surface area contributed by atoms with E-state index in [1.54, 1.807) is 24.7 Å². The number of carbonyl (C=O) groups is 1. The number of hydrogen-bond donors (Lipinski definition) is 3. The lowest BCUT2D eigenvalue weighted by Gasteiger charge is -2.27. The molecule has 0 amide bonds. The van der Waals surface area contributed by atoms with Crippen molar-refractivity contribution in [1.82, 2.24) is 19.5 Å². The van der Waals surface area contributed by atoms with Gasteiger partial charge in [0.1, 0.15) is 23.8 Å². The molecule has 0 atom stereocenters. The minimum Gasteiger partial charge on any atom is -0.478 e. The van der Waals surface area contributed by atoms with Gasteiger partial charge in [-0.1, -0.05) is 17.7 Å². The molecule has 1 fully saturated rings. The number of aliphatic hydroxyl groups excluding tert-OH is 1. The second kappa shape index (κ2) is 10.3. The molecule has 0 aliphatic heterocycles. The minimum absolute atomic E-state index is 0.105. The number of hydrogen-bond acceptors (Lipinski definition) is 6. The Morgan fingerprint density at radius 3 is 2.57 bits per heavy atom. The van der Waals surface area contributed by atoms with Crippen LogP contribution in [0.2, 0.25) is 5.02 Å². The fourth-order valence-electron chi connectivity index (χ4n) is 4.82. The summed E-state index contributed by atoms with van der Waals surface area (Å²) in [4.78, 5) is 25.5. The van der Waals surface area contributed by atoms with E-state index in [4.69, 9.17) is 16.6 Å². The fraction of sp³-hybridized carbons (Fsp3) is 0.286. The third kappa shape index (κ3) is 5.50. The van der Waals surface area contributed by atoms with Crippen molar-refractivity contribution in [3.8, 4) is 17.1 Å². The molecule has 1 saturated carbocycles. The van der Waals surface area contributed by atoms with E-state index < -0.39 is 5.97 Å². The Hall–Kier alpha value is -3.75. The number of nitrogens with zero attached hydrogens (tertiary/aromatic N) is 4. The molecule has 0 saturated heterocycles. The first kappa shape index (κ1) is 24.9. The standard InChI is InChI=1S/C28H28ClN5O3/c1-16-9-26(32-25-11-17(2)23(29)13-30-25)33-27(10-16)34-14-24(31-15-34)19-5-8-21(28(36)37)22(12-19)18-3-6-20(35)7-4-18/h5,8-15,18,20,35H,3-4,6-7H2,1-2H3,(H,36,37)(H,30,32,33). The maximum Gasteiger partial charge on any atom is 0.335 e. The molecule has 0 radical (unpaired) electrons. The van der Waals surface area contributed by atoms with Gasteiger partial charge in [-0.2, -0.15) is 0 Å². The van der Waals surface area contributed by atoms with Gasteiger partial charge in [0.15, 0.2) is 0 Å². The van der Waals surface area contributed by atoms with E-state index in [2.05, 4.69) is 15.3 Å². The Bertz CT molecular complexity index is 1460. The molecule has 9 heteroatoms. The molecular weight excluding hydrogens is 490 g/mol.